The zero-order valence-corrected chi connectivity index (χ0v) is 19.2. The first-order valence-electron chi connectivity index (χ1n) is 11.3. The minimum atomic E-state index is -0.227. The summed E-state index contributed by atoms with van der Waals surface area (Å²) in [4.78, 5) is 14.4. The van der Waals surface area contributed by atoms with E-state index in [9.17, 15) is 0 Å². The van der Waals surface area contributed by atoms with Gasteiger partial charge in [0.2, 0.25) is 11.8 Å². The van der Waals surface area contributed by atoms with Crippen molar-refractivity contribution in [1.82, 2.24) is 4.98 Å². The van der Waals surface area contributed by atoms with Gasteiger partial charge in [0.25, 0.3) is 0 Å². The van der Waals surface area contributed by atoms with Crippen LogP contribution in [0.3, 0.4) is 0 Å². The summed E-state index contributed by atoms with van der Waals surface area (Å²) in [5.41, 5.74) is 3.37. The largest absolute Gasteiger partial charge is 0.466 e. The molecule has 2 aliphatic rings. The molecule has 0 saturated heterocycles. The van der Waals surface area contributed by atoms with Crippen LogP contribution in [-0.4, -0.2) is 56.3 Å². The molecule has 174 valence electrons. The summed E-state index contributed by atoms with van der Waals surface area (Å²) in [6.07, 6.45) is -0.453. The molecule has 0 amide bonds. The molecule has 0 bridgehead atoms. The van der Waals surface area contributed by atoms with E-state index in [2.05, 4.69) is 0 Å². The quantitative estimate of drug-likeness (QED) is 0.508. The van der Waals surface area contributed by atoms with Crippen LogP contribution in [0.5, 0.6) is 0 Å². The fourth-order valence-corrected chi connectivity index (χ4v) is 4.28. The molecule has 5 rings (SSSR count). The summed E-state index contributed by atoms with van der Waals surface area (Å²) in [6, 6.07) is 25.5. The van der Waals surface area contributed by atoms with Crippen molar-refractivity contribution < 1.29 is 18.9 Å². The summed E-state index contributed by atoms with van der Waals surface area (Å²) < 4.78 is 23.3. The summed E-state index contributed by atoms with van der Waals surface area (Å²) in [7, 11) is 3.34. The number of pyridine rings is 1. The average Bonchev–Trinajstić information content (AvgIpc) is 3.51. The molecule has 4 atom stereocenters. The Hall–Kier alpha value is -3.55. The highest BCUT2D eigenvalue weighted by atomic mass is 16.5. The maximum Gasteiger partial charge on any atom is 0.236 e. The van der Waals surface area contributed by atoms with Crippen LogP contribution < -0.4 is 0 Å². The van der Waals surface area contributed by atoms with Crippen LogP contribution in [-0.2, 0) is 18.9 Å². The van der Waals surface area contributed by atoms with Crippen molar-refractivity contribution in [3.05, 3.63) is 101 Å². The molecule has 1 aromatic heterocycles. The molecular weight excluding hydrogens is 430 g/mol. The van der Waals surface area contributed by atoms with Crippen molar-refractivity contribution in [2.45, 2.75) is 24.3 Å². The molecule has 7 nitrogen and oxygen atoms in total. The second kappa shape index (κ2) is 10.2. The molecule has 34 heavy (non-hydrogen) atoms. The van der Waals surface area contributed by atoms with Crippen molar-refractivity contribution in [3.63, 3.8) is 0 Å². The predicted octanol–water partition coefficient (Wildman–Crippen LogP) is 4.15. The van der Waals surface area contributed by atoms with Gasteiger partial charge in [-0.1, -0.05) is 66.7 Å². The third-order valence-corrected chi connectivity index (χ3v) is 5.86. The highest BCUT2D eigenvalue weighted by Gasteiger charge is 2.35. The maximum atomic E-state index is 6.27. The molecular formula is C27H27N3O4. The molecule has 0 aliphatic carbocycles. The molecule has 2 aromatic carbocycles. The minimum Gasteiger partial charge on any atom is -0.466 e. The Labute approximate surface area is 199 Å². The van der Waals surface area contributed by atoms with Crippen molar-refractivity contribution in [3.8, 4) is 0 Å². The lowest BCUT2D eigenvalue weighted by Crippen LogP contribution is -2.19. The van der Waals surface area contributed by atoms with Gasteiger partial charge in [-0.05, 0) is 23.3 Å². The van der Waals surface area contributed by atoms with E-state index in [0.717, 1.165) is 11.1 Å². The van der Waals surface area contributed by atoms with Gasteiger partial charge in [-0.15, -0.1) is 0 Å². The number of hydrogen-bond donors (Lipinski definition) is 0. The molecule has 0 spiro atoms. The third-order valence-electron chi connectivity index (χ3n) is 5.86. The Morgan fingerprint density at radius 3 is 1.47 bits per heavy atom. The topological polar surface area (TPSA) is 74.5 Å². The molecule has 2 aliphatic heterocycles. The monoisotopic (exact) mass is 457 g/mol. The number of aromatic nitrogens is 1. The van der Waals surface area contributed by atoms with Gasteiger partial charge >= 0.3 is 0 Å². The molecule has 0 fully saturated rings. The van der Waals surface area contributed by atoms with Crippen molar-refractivity contribution in [1.29, 1.82) is 0 Å². The molecule has 0 unspecified atom stereocenters. The smallest absolute Gasteiger partial charge is 0.236 e. The maximum absolute atomic E-state index is 6.27. The summed E-state index contributed by atoms with van der Waals surface area (Å²) >= 11 is 0. The summed E-state index contributed by atoms with van der Waals surface area (Å²) in [6.45, 7) is 0.909. The summed E-state index contributed by atoms with van der Waals surface area (Å²) in [5.74, 6) is 0.980. The lowest BCUT2D eigenvalue weighted by molar-refractivity contribution is 0.120. The van der Waals surface area contributed by atoms with Crippen LogP contribution in [0.2, 0.25) is 0 Å². The van der Waals surface area contributed by atoms with Crippen LogP contribution >= 0.6 is 0 Å². The second-order valence-electron chi connectivity index (χ2n) is 8.22. The van der Waals surface area contributed by atoms with Crippen LogP contribution in [0.1, 0.15) is 34.7 Å². The number of ether oxygens (including phenoxy) is 4. The van der Waals surface area contributed by atoms with E-state index in [1.807, 2.05) is 78.9 Å². The van der Waals surface area contributed by atoms with E-state index in [1.54, 1.807) is 14.2 Å². The first-order chi connectivity index (χ1) is 16.8. The van der Waals surface area contributed by atoms with Crippen molar-refractivity contribution in [2.75, 3.05) is 27.4 Å². The molecule has 3 aromatic rings. The number of benzene rings is 2. The lowest BCUT2D eigenvalue weighted by Gasteiger charge is -2.17. The van der Waals surface area contributed by atoms with Gasteiger partial charge in [0.05, 0.1) is 13.2 Å². The number of aliphatic imine (C=N–C) groups is 2. The van der Waals surface area contributed by atoms with Gasteiger partial charge in [-0.25, -0.2) is 15.0 Å². The van der Waals surface area contributed by atoms with Crippen LogP contribution in [0, 0.1) is 0 Å². The average molecular weight is 458 g/mol. The minimum absolute atomic E-state index is 0.151. The second-order valence-corrected chi connectivity index (χ2v) is 8.22. The Kier molecular flexibility index (Phi) is 6.65. The van der Waals surface area contributed by atoms with Crippen LogP contribution in [0.15, 0.2) is 88.8 Å². The number of hydrogen-bond acceptors (Lipinski definition) is 7. The predicted molar refractivity (Wildman–Crippen MR) is 129 cm³/mol. The van der Waals surface area contributed by atoms with Crippen LogP contribution in [0.4, 0.5) is 0 Å². The normalized spacial score (nSPS) is 23.7. The van der Waals surface area contributed by atoms with Gasteiger partial charge in [0.15, 0.2) is 12.2 Å². The van der Waals surface area contributed by atoms with Gasteiger partial charge in [-0.2, -0.15) is 0 Å². The molecule has 3 heterocycles. The zero-order chi connectivity index (χ0) is 23.3. The van der Waals surface area contributed by atoms with Gasteiger partial charge in [-0.3, -0.25) is 0 Å². The Morgan fingerprint density at radius 1 is 0.618 bits per heavy atom. The molecule has 0 saturated carbocycles. The highest BCUT2D eigenvalue weighted by molar-refractivity contribution is 5.97. The Bertz CT molecular complexity index is 1080. The van der Waals surface area contributed by atoms with E-state index >= 15 is 0 Å². The Morgan fingerprint density at radius 2 is 1.06 bits per heavy atom. The van der Waals surface area contributed by atoms with E-state index < -0.39 is 0 Å². The fraction of sp³-hybridized carbons (Fsp3) is 0.296. The Balaban J connectivity index is 1.40. The number of nitrogens with zero attached hydrogens (tertiary/aromatic N) is 3. The SMILES string of the molecule is COC[C@@H]1N=C(c2cccc(C3=N[C@@H](COC)[C@H](c4ccccc4)O3)n2)O[C@H]1c1ccccc1. The molecule has 0 radical (unpaired) electrons. The van der Waals surface area contributed by atoms with E-state index in [4.69, 9.17) is 33.9 Å². The van der Waals surface area contributed by atoms with E-state index in [0.29, 0.717) is 36.4 Å². The van der Waals surface area contributed by atoms with Crippen molar-refractivity contribution >= 4 is 11.8 Å². The standard InChI is InChI=1S/C27H27N3O4/c1-31-16-22-24(18-10-5-3-6-11-18)33-26(29-22)20-14-9-15-21(28-20)27-30-23(17-32-2)25(34-27)19-12-7-4-8-13-19/h3-15,22-25H,16-17H2,1-2H3/t22-,23-,24-,25-/m0/s1. The number of rotatable bonds is 8. The first kappa shape index (κ1) is 22.3. The zero-order valence-electron chi connectivity index (χ0n) is 19.2. The third kappa shape index (κ3) is 4.58. The summed E-state index contributed by atoms with van der Waals surface area (Å²) in [5, 5.41) is 0. The fourth-order valence-electron chi connectivity index (χ4n) is 4.28. The van der Waals surface area contributed by atoms with E-state index in [1.165, 1.54) is 0 Å². The van der Waals surface area contributed by atoms with E-state index in [-0.39, 0.29) is 24.3 Å². The molecule has 0 N–H and O–H groups in total. The van der Waals surface area contributed by atoms with Crippen LogP contribution in [0.25, 0.3) is 0 Å². The first-order valence-corrected chi connectivity index (χ1v) is 11.3. The lowest BCUT2D eigenvalue weighted by atomic mass is 10.0. The highest BCUT2D eigenvalue weighted by Crippen LogP contribution is 2.33. The number of methoxy groups -OCH3 is 2. The van der Waals surface area contributed by atoms with Gasteiger partial charge in [0, 0.05) is 14.2 Å². The van der Waals surface area contributed by atoms with Gasteiger partial charge < -0.3 is 18.9 Å². The van der Waals surface area contributed by atoms with Gasteiger partial charge in [0.1, 0.15) is 23.5 Å². The molecule has 7 heteroatoms. The van der Waals surface area contributed by atoms with Crippen molar-refractivity contribution in [2.24, 2.45) is 9.98 Å².